The van der Waals surface area contributed by atoms with Crippen LogP contribution in [0.15, 0.2) is 55.1 Å². The highest BCUT2D eigenvalue weighted by Gasteiger charge is 2.52. The van der Waals surface area contributed by atoms with Gasteiger partial charge in [-0.15, -0.1) is 0 Å². The van der Waals surface area contributed by atoms with E-state index in [1.807, 2.05) is 19.1 Å². The van der Waals surface area contributed by atoms with Gasteiger partial charge >= 0.3 is 6.18 Å². The summed E-state index contributed by atoms with van der Waals surface area (Å²) in [5, 5.41) is 4.76. The topological polar surface area (TPSA) is 68.6 Å². The second-order valence-electron chi connectivity index (χ2n) is 12.2. The lowest BCUT2D eigenvalue weighted by atomic mass is 9.77. The fourth-order valence-electron chi connectivity index (χ4n) is 5.26. The largest absolute Gasteiger partial charge is 0.433 e. The van der Waals surface area contributed by atoms with E-state index in [0.717, 1.165) is 4.68 Å². The molecule has 1 N–H and O–H groups in total. The summed E-state index contributed by atoms with van der Waals surface area (Å²) in [5.41, 5.74) is 0.566. The predicted octanol–water partition coefficient (Wildman–Crippen LogP) is 8.79. The van der Waals surface area contributed by atoms with Crippen molar-refractivity contribution in [1.82, 2.24) is 24.7 Å². The smallest absolute Gasteiger partial charge is 0.411 e. The molecule has 0 atom stereocenters. The number of rotatable bonds is 6. The molecule has 3 aromatic heterocycles. The summed E-state index contributed by atoms with van der Waals surface area (Å²) in [5.74, 6) is 0.286. The summed E-state index contributed by atoms with van der Waals surface area (Å²) in [6, 6.07) is 8.39. The minimum absolute atomic E-state index is 0.0000190. The Morgan fingerprint density at radius 3 is 2.27 bits per heavy atom. The van der Waals surface area contributed by atoms with Crippen LogP contribution < -0.4 is 0 Å². The van der Waals surface area contributed by atoms with Crippen LogP contribution in [0.3, 0.4) is 0 Å². The van der Waals surface area contributed by atoms with Gasteiger partial charge in [-0.05, 0) is 50.0 Å². The molecule has 1 aromatic carbocycles. The molecule has 5 rings (SSSR count). The van der Waals surface area contributed by atoms with Crippen LogP contribution >= 0.6 is 11.6 Å². The molecule has 0 amide bonds. The van der Waals surface area contributed by atoms with Crippen molar-refractivity contribution in [1.29, 1.82) is 0 Å². The van der Waals surface area contributed by atoms with E-state index in [1.54, 1.807) is 36.8 Å². The van der Waals surface area contributed by atoms with Gasteiger partial charge in [0.25, 0.3) is 0 Å². The Morgan fingerprint density at radius 2 is 1.68 bits per heavy atom. The second kappa shape index (κ2) is 9.85. The minimum Gasteiger partial charge on any atom is -0.411 e. The average molecular weight is 588 g/mol. The maximum absolute atomic E-state index is 14.7. The third-order valence-electron chi connectivity index (χ3n) is 8.16. The molecule has 212 valence electrons. The van der Waals surface area contributed by atoms with E-state index >= 15 is 0 Å². The van der Waals surface area contributed by atoms with Crippen molar-refractivity contribution in [2.45, 2.75) is 76.5 Å². The monoisotopic (exact) mass is 587 g/mol. The number of H-pyrrole nitrogens is 1. The molecule has 6 nitrogen and oxygen atoms in total. The Balaban J connectivity index is 1.58. The quantitative estimate of drug-likeness (QED) is 0.229. The molecule has 40 heavy (non-hydrogen) atoms. The number of benzene rings is 1. The number of hydrogen-bond donors (Lipinski definition) is 1. The van der Waals surface area contributed by atoms with E-state index in [4.69, 9.17) is 16.0 Å². The Kier molecular flexibility index (Phi) is 7.04. The summed E-state index contributed by atoms with van der Waals surface area (Å²) in [4.78, 5) is 11.8. The van der Waals surface area contributed by atoms with E-state index in [2.05, 4.69) is 53.9 Å². The zero-order valence-corrected chi connectivity index (χ0v) is 25.2. The fraction of sp³-hybridized carbons (Fsp3) is 0.414. The second-order valence-corrected chi connectivity index (χ2v) is 17.4. The first-order valence-electron chi connectivity index (χ1n) is 13.2. The number of aromatic nitrogens is 5. The van der Waals surface area contributed by atoms with Gasteiger partial charge in [0.05, 0.1) is 29.1 Å². The highest BCUT2D eigenvalue weighted by Crippen LogP contribution is 2.52. The Labute approximate surface area is 238 Å². The molecule has 1 saturated carbocycles. The van der Waals surface area contributed by atoms with Crippen molar-refractivity contribution in [3.05, 3.63) is 65.8 Å². The number of nitrogens with zero attached hydrogens (tertiary/aromatic N) is 4. The van der Waals surface area contributed by atoms with Crippen LogP contribution in [-0.4, -0.2) is 38.7 Å². The molecule has 1 fully saturated rings. The zero-order valence-electron chi connectivity index (χ0n) is 23.4. The molecule has 11 heteroatoms. The number of halogens is 4. The van der Waals surface area contributed by atoms with Gasteiger partial charge in [-0.1, -0.05) is 50.6 Å². The number of nitrogens with one attached hydrogen (secondary N) is 1. The third-order valence-corrected chi connectivity index (χ3v) is 13.1. The summed E-state index contributed by atoms with van der Waals surface area (Å²) in [6.07, 6.45) is 2.29. The molecule has 0 spiro atoms. The molecular weight excluding hydrogens is 555 g/mol. The van der Waals surface area contributed by atoms with E-state index in [9.17, 15) is 13.2 Å². The van der Waals surface area contributed by atoms with Crippen molar-refractivity contribution >= 4 is 19.9 Å². The van der Waals surface area contributed by atoms with Crippen LogP contribution in [0.25, 0.3) is 33.8 Å². The van der Waals surface area contributed by atoms with Crippen LogP contribution in [0.2, 0.25) is 23.2 Å². The fourth-order valence-corrected chi connectivity index (χ4v) is 7.20. The van der Waals surface area contributed by atoms with Crippen LogP contribution in [0.1, 0.15) is 52.3 Å². The maximum atomic E-state index is 14.7. The predicted molar refractivity (Wildman–Crippen MR) is 153 cm³/mol. The molecule has 4 aromatic rings. The van der Waals surface area contributed by atoms with Crippen LogP contribution in [0, 0.1) is 0 Å². The number of aromatic amines is 1. The average Bonchev–Trinajstić information content (AvgIpc) is 3.47. The summed E-state index contributed by atoms with van der Waals surface area (Å²) in [7, 11) is -2.10. The lowest BCUT2D eigenvalue weighted by Gasteiger charge is -2.52. The van der Waals surface area contributed by atoms with Gasteiger partial charge in [0, 0.05) is 40.3 Å². The van der Waals surface area contributed by atoms with Crippen molar-refractivity contribution in [3.63, 3.8) is 0 Å². The number of hydrogen-bond acceptors (Lipinski definition) is 4. The normalized spacial score (nSPS) is 20.0. The van der Waals surface area contributed by atoms with Crippen molar-refractivity contribution in [2.24, 2.45) is 0 Å². The summed E-state index contributed by atoms with van der Waals surface area (Å²) < 4.78 is 52.0. The molecular formula is C29H33ClF3N5OSi. The first-order chi connectivity index (χ1) is 18.6. The van der Waals surface area contributed by atoms with Crippen molar-refractivity contribution in [2.75, 3.05) is 0 Å². The van der Waals surface area contributed by atoms with Gasteiger partial charge in [0.2, 0.25) is 0 Å². The van der Waals surface area contributed by atoms with Crippen LogP contribution in [0.5, 0.6) is 0 Å². The highest BCUT2D eigenvalue weighted by molar-refractivity contribution is 6.74. The molecule has 0 bridgehead atoms. The lowest BCUT2D eigenvalue weighted by Crippen LogP contribution is -2.54. The molecule has 0 radical (unpaired) electrons. The molecule has 1 aliphatic rings. The van der Waals surface area contributed by atoms with E-state index < -0.39 is 31.8 Å². The molecule has 3 heterocycles. The van der Waals surface area contributed by atoms with Crippen LogP contribution in [0.4, 0.5) is 13.2 Å². The first-order valence-corrected chi connectivity index (χ1v) is 16.5. The van der Waals surface area contributed by atoms with Gasteiger partial charge in [-0.3, -0.25) is 4.68 Å². The Hall–Kier alpha value is -2.95. The molecule has 0 saturated heterocycles. The van der Waals surface area contributed by atoms with Gasteiger partial charge in [0.15, 0.2) is 19.8 Å². The minimum atomic E-state index is -4.65. The Bertz CT molecular complexity index is 1520. The van der Waals surface area contributed by atoms with Crippen molar-refractivity contribution < 1.29 is 17.6 Å². The standard InChI is InChI=1S/C29H33ClF3N5OSi/c1-27(2,3)40(5,6)39-28(4)14-18(15-28)38-25(29(31,32)33)21(17-37-38)24-23(26-34-12-9-13-35-26)20(16-36-24)19-10-7-8-11-22(19)30/h7-13,16-18,36H,14-15H2,1-6H3. The highest BCUT2D eigenvalue weighted by atomic mass is 35.5. The first kappa shape index (κ1) is 28.6. The molecule has 0 unspecified atom stereocenters. The summed E-state index contributed by atoms with van der Waals surface area (Å²) in [6.45, 7) is 12.8. The molecule has 1 aliphatic carbocycles. The van der Waals surface area contributed by atoms with E-state index in [1.165, 1.54) is 6.20 Å². The third kappa shape index (κ3) is 5.12. The summed E-state index contributed by atoms with van der Waals surface area (Å²) >= 11 is 6.49. The molecule has 0 aliphatic heterocycles. The lowest BCUT2D eigenvalue weighted by molar-refractivity contribution is -0.148. The van der Waals surface area contributed by atoms with E-state index in [-0.39, 0.29) is 22.1 Å². The van der Waals surface area contributed by atoms with E-state index in [0.29, 0.717) is 34.6 Å². The Morgan fingerprint density at radius 1 is 1.02 bits per heavy atom. The maximum Gasteiger partial charge on any atom is 0.433 e. The SMILES string of the molecule is CC1(O[Si](C)(C)C(C)(C)C)CC(n2ncc(-c3[nH]cc(-c4ccccc4Cl)c3-c3ncccn3)c2C(F)(F)F)C1. The van der Waals surface area contributed by atoms with Crippen LogP contribution in [-0.2, 0) is 10.6 Å². The van der Waals surface area contributed by atoms with Gasteiger partial charge < -0.3 is 9.41 Å². The zero-order chi connectivity index (χ0) is 29.1. The number of alkyl halides is 3. The van der Waals surface area contributed by atoms with Gasteiger partial charge in [0.1, 0.15) is 0 Å². The van der Waals surface area contributed by atoms with Gasteiger partial charge in [-0.25, -0.2) is 9.97 Å². The van der Waals surface area contributed by atoms with Gasteiger partial charge in [-0.2, -0.15) is 18.3 Å². The van der Waals surface area contributed by atoms with Crippen molar-refractivity contribution in [3.8, 4) is 33.8 Å².